The molecule has 0 aliphatic rings. The highest BCUT2D eigenvalue weighted by molar-refractivity contribution is 7.10. The van der Waals surface area contributed by atoms with Crippen LogP contribution in [0.2, 0.25) is 0 Å². The lowest BCUT2D eigenvalue weighted by molar-refractivity contribution is 0.0382. The zero-order chi connectivity index (χ0) is 8.81. The average molecular weight is 186 g/mol. The fourth-order valence-corrected chi connectivity index (χ4v) is 1.60. The summed E-state index contributed by atoms with van der Waals surface area (Å²) in [6.07, 6.45) is 0.550. The van der Waals surface area contributed by atoms with Crippen LogP contribution >= 0.6 is 11.3 Å². The van der Waals surface area contributed by atoms with Crippen molar-refractivity contribution in [2.45, 2.75) is 19.4 Å². The highest BCUT2D eigenvalue weighted by Gasteiger charge is 2.07. The molecule has 0 saturated heterocycles. The molecule has 1 aromatic rings. The van der Waals surface area contributed by atoms with E-state index >= 15 is 0 Å². The predicted molar refractivity (Wildman–Crippen MR) is 50.4 cm³/mol. The first-order chi connectivity index (χ1) is 5.84. The Morgan fingerprint density at radius 1 is 1.67 bits per heavy atom. The second kappa shape index (κ2) is 5.30. The minimum absolute atomic E-state index is 0.411. The van der Waals surface area contributed by atoms with E-state index < -0.39 is 6.10 Å². The number of hydrogen-bond acceptors (Lipinski definition) is 3. The summed E-state index contributed by atoms with van der Waals surface area (Å²) >= 11 is 1.56. The fourth-order valence-electron chi connectivity index (χ4n) is 0.902. The quantitative estimate of drug-likeness (QED) is 0.714. The van der Waals surface area contributed by atoms with Crippen molar-refractivity contribution in [2.24, 2.45) is 0 Å². The van der Waals surface area contributed by atoms with Crippen LogP contribution in [0, 0.1) is 0 Å². The second-order valence-electron chi connectivity index (χ2n) is 2.61. The van der Waals surface area contributed by atoms with Gasteiger partial charge in [-0.2, -0.15) is 0 Å². The molecule has 1 rings (SSSR count). The molecule has 0 aromatic carbocycles. The van der Waals surface area contributed by atoms with Crippen LogP contribution in [0.15, 0.2) is 17.5 Å². The molecule has 0 amide bonds. The molecule has 3 heteroatoms. The molecule has 0 aliphatic carbocycles. The zero-order valence-electron chi connectivity index (χ0n) is 7.19. The van der Waals surface area contributed by atoms with Crippen LogP contribution in [0.25, 0.3) is 0 Å². The van der Waals surface area contributed by atoms with Gasteiger partial charge in [0, 0.05) is 11.5 Å². The molecule has 1 unspecified atom stereocenters. The second-order valence-corrected chi connectivity index (χ2v) is 3.59. The molecule has 1 atom stereocenters. The van der Waals surface area contributed by atoms with Crippen molar-refractivity contribution in [3.05, 3.63) is 22.4 Å². The van der Waals surface area contributed by atoms with E-state index in [0.717, 1.165) is 17.9 Å². The lowest BCUT2D eigenvalue weighted by Crippen LogP contribution is -2.05. The summed E-state index contributed by atoms with van der Waals surface area (Å²) in [6.45, 7) is 3.19. The highest BCUT2D eigenvalue weighted by atomic mass is 32.1. The SMILES string of the molecule is CCCOCC(O)c1cccs1. The standard InChI is InChI=1S/C9H14O2S/c1-2-5-11-7-8(10)9-4-3-6-12-9/h3-4,6,8,10H,2,5,7H2,1H3. The van der Waals surface area contributed by atoms with Crippen LogP contribution in [-0.4, -0.2) is 18.3 Å². The summed E-state index contributed by atoms with van der Waals surface area (Å²) in [5.41, 5.74) is 0. The van der Waals surface area contributed by atoms with Gasteiger partial charge in [-0.1, -0.05) is 13.0 Å². The van der Waals surface area contributed by atoms with Crippen LogP contribution < -0.4 is 0 Å². The molecule has 0 aliphatic heterocycles. The monoisotopic (exact) mass is 186 g/mol. The Morgan fingerprint density at radius 3 is 3.08 bits per heavy atom. The molecule has 0 fully saturated rings. The topological polar surface area (TPSA) is 29.5 Å². The third-order valence-electron chi connectivity index (χ3n) is 1.50. The summed E-state index contributed by atoms with van der Waals surface area (Å²) in [6, 6.07) is 3.85. The number of ether oxygens (including phenoxy) is 1. The molecular weight excluding hydrogens is 172 g/mol. The maximum absolute atomic E-state index is 9.52. The smallest absolute Gasteiger partial charge is 0.111 e. The van der Waals surface area contributed by atoms with Crippen molar-refractivity contribution in [3.63, 3.8) is 0 Å². The summed E-state index contributed by atoms with van der Waals surface area (Å²) in [7, 11) is 0. The van der Waals surface area contributed by atoms with Gasteiger partial charge < -0.3 is 9.84 Å². The molecular formula is C9H14O2S. The minimum atomic E-state index is -0.448. The average Bonchev–Trinajstić information content (AvgIpc) is 2.56. The van der Waals surface area contributed by atoms with Crippen LogP contribution in [0.4, 0.5) is 0 Å². The molecule has 12 heavy (non-hydrogen) atoms. The largest absolute Gasteiger partial charge is 0.385 e. The van der Waals surface area contributed by atoms with Gasteiger partial charge in [0.05, 0.1) is 6.61 Å². The van der Waals surface area contributed by atoms with Gasteiger partial charge in [0.2, 0.25) is 0 Å². The number of rotatable bonds is 5. The van der Waals surface area contributed by atoms with Crippen molar-refractivity contribution < 1.29 is 9.84 Å². The lowest BCUT2D eigenvalue weighted by Gasteiger charge is -2.07. The van der Waals surface area contributed by atoms with Gasteiger partial charge in [-0.15, -0.1) is 11.3 Å². The predicted octanol–water partition coefficient (Wildman–Crippen LogP) is 2.21. The van der Waals surface area contributed by atoms with Gasteiger partial charge in [0.1, 0.15) is 6.10 Å². The maximum atomic E-state index is 9.52. The summed E-state index contributed by atoms with van der Waals surface area (Å²) in [5.74, 6) is 0. The van der Waals surface area contributed by atoms with Crippen LogP contribution in [0.1, 0.15) is 24.3 Å². The number of aliphatic hydroxyl groups is 1. The summed E-state index contributed by atoms with van der Waals surface area (Å²) in [5, 5.41) is 11.5. The molecule has 1 aromatic heterocycles. The van der Waals surface area contributed by atoms with E-state index in [2.05, 4.69) is 6.92 Å². The van der Waals surface area contributed by atoms with E-state index in [1.807, 2.05) is 17.5 Å². The van der Waals surface area contributed by atoms with E-state index in [1.54, 1.807) is 11.3 Å². The van der Waals surface area contributed by atoms with Gasteiger partial charge in [-0.3, -0.25) is 0 Å². The first-order valence-electron chi connectivity index (χ1n) is 4.13. The number of thiophene rings is 1. The minimum Gasteiger partial charge on any atom is -0.385 e. The first kappa shape index (κ1) is 9.71. The van der Waals surface area contributed by atoms with Crippen molar-refractivity contribution in [2.75, 3.05) is 13.2 Å². The van der Waals surface area contributed by atoms with Crippen molar-refractivity contribution in [1.29, 1.82) is 0 Å². The normalized spacial score (nSPS) is 13.2. The molecule has 1 heterocycles. The van der Waals surface area contributed by atoms with Gasteiger partial charge in [0.15, 0.2) is 0 Å². The summed E-state index contributed by atoms with van der Waals surface area (Å²) < 4.78 is 5.23. The van der Waals surface area contributed by atoms with Crippen LogP contribution in [0.5, 0.6) is 0 Å². The summed E-state index contributed by atoms with van der Waals surface area (Å²) in [4.78, 5) is 0.978. The molecule has 0 bridgehead atoms. The Hall–Kier alpha value is -0.380. The van der Waals surface area contributed by atoms with E-state index in [9.17, 15) is 5.11 Å². The molecule has 0 radical (unpaired) electrons. The van der Waals surface area contributed by atoms with Crippen molar-refractivity contribution >= 4 is 11.3 Å². The van der Waals surface area contributed by atoms with E-state index in [-0.39, 0.29) is 0 Å². The highest BCUT2D eigenvalue weighted by Crippen LogP contribution is 2.18. The third-order valence-corrected chi connectivity index (χ3v) is 2.47. The third kappa shape index (κ3) is 2.93. The Kier molecular flexibility index (Phi) is 4.29. The van der Waals surface area contributed by atoms with Crippen molar-refractivity contribution in [1.82, 2.24) is 0 Å². The number of aliphatic hydroxyl groups excluding tert-OH is 1. The van der Waals surface area contributed by atoms with Gasteiger partial charge in [-0.25, -0.2) is 0 Å². The van der Waals surface area contributed by atoms with Gasteiger partial charge in [-0.05, 0) is 17.9 Å². The Balaban J connectivity index is 2.25. The Morgan fingerprint density at radius 2 is 2.50 bits per heavy atom. The van der Waals surface area contributed by atoms with Gasteiger partial charge >= 0.3 is 0 Å². The number of hydrogen-bond donors (Lipinski definition) is 1. The molecule has 0 saturated carbocycles. The Labute approximate surface area is 76.8 Å². The van der Waals surface area contributed by atoms with Crippen LogP contribution in [-0.2, 0) is 4.74 Å². The molecule has 1 N–H and O–H groups in total. The molecule has 2 nitrogen and oxygen atoms in total. The Bertz CT molecular complexity index is 196. The zero-order valence-corrected chi connectivity index (χ0v) is 8.01. The lowest BCUT2D eigenvalue weighted by atomic mass is 10.3. The van der Waals surface area contributed by atoms with E-state index in [0.29, 0.717) is 6.61 Å². The first-order valence-corrected chi connectivity index (χ1v) is 5.01. The van der Waals surface area contributed by atoms with Crippen molar-refractivity contribution in [3.8, 4) is 0 Å². The van der Waals surface area contributed by atoms with Gasteiger partial charge in [0.25, 0.3) is 0 Å². The van der Waals surface area contributed by atoms with E-state index in [4.69, 9.17) is 4.74 Å². The molecule has 0 spiro atoms. The van der Waals surface area contributed by atoms with Crippen LogP contribution in [0.3, 0.4) is 0 Å². The molecule has 68 valence electrons. The van der Waals surface area contributed by atoms with E-state index in [1.165, 1.54) is 0 Å². The fraction of sp³-hybridized carbons (Fsp3) is 0.556. The maximum Gasteiger partial charge on any atom is 0.111 e.